The number of non-ortho nitro benzene ring substituents is 1. The molecule has 26 heavy (non-hydrogen) atoms. The van der Waals surface area contributed by atoms with Gasteiger partial charge in [0.25, 0.3) is 5.69 Å². The number of nitro groups is 1. The molecule has 10 heteroatoms. The Bertz CT molecular complexity index is 814. The molecule has 0 aliphatic carbocycles. The Labute approximate surface area is 148 Å². The number of rotatable bonds is 6. The number of likely N-dealkylation sites (N-methyl/N-ethyl adjacent to an activating group) is 1. The van der Waals surface area contributed by atoms with E-state index in [0.717, 1.165) is 0 Å². The molecule has 0 amide bonds. The van der Waals surface area contributed by atoms with Gasteiger partial charge in [-0.2, -0.15) is 0 Å². The van der Waals surface area contributed by atoms with Crippen LogP contribution in [0.3, 0.4) is 0 Å². The molecule has 2 aromatic rings. The second-order valence-electron chi connectivity index (χ2n) is 5.53. The first-order chi connectivity index (χ1) is 12.5. The predicted molar refractivity (Wildman–Crippen MR) is 88.5 cm³/mol. The zero-order valence-electron chi connectivity index (χ0n) is 14.0. The fourth-order valence-corrected chi connectivity index (χ4v) is 2.45. The summed E-state index contributed by atoms with van der Waals surface area (Å²) in [4.78, 5) is 32.2. The molecule has 0 saturated carbocycles. The van der Waals surface area contributed by atoms with Crippen LogP contribution in [-0.4, -0.2) is 41.2 Å². The van der Waals surface area contributed by atoms with E-state index < -0.39 is 10.9 Å². The summed E-state index contributed by atoms with van der Waals surface area (Å²) in [6.07, 6.45) is 3.14. The smallest absolute Gasteiger partial charge is 0.325 e. The summed E-state index contributed by atoms with van der Waals surface area (Å²) in [6, 6.07) is 4.40. The highest BCUT2D eigenvalue weighted by Crippen LogP contribution is 2.33. The largest absolute Gasteiger partial charge is 0.467 e. The molecule has 3 rings (SSSR count). The van der Waals surface area contributed by atoms with Gasteiger partial charge < -0.3 is 19.1 Å². The third kappa shape index (κ3) is 4.03. The molecule has 0 radical (unpaired) electrons. The number of carbonyl (C=O) groups excluding carboxylic acids is 1. The number of ether oxygens (including phenoxy) is 3. The van der Waals surface area contributed by atoms with Crippen LogP contribution in [0.1, 0.15) is 11.1 Å². The van der Waals surface area contributed by atoms with Crippen molar-refractivity contribution in [3.05, 3.63) is 51.8 Å². The highest BCUT2D eigenvalue weighted by Gasteiger charge is 2.22. The Balaban J connectivity index is 1.68. The van der Waals surface area contributed by atoms with Crippen molar-refractivity contribution >= 4 is 17.6 Å². The van der Waals surface area contributed by atoms with E-state index in [9.17, 15) is 14.9 Å². The lowest BCUT2D eigenvalue weighted by Gasteiger charge is -2.21. The maximum Gasteiger partial charge on any atom is 0.325 e. The first kappa shape index (κ1) is 17.5. The van der Waals surface area contributed by atoms with Crippen molar-refractivity contribution in [2.45, 2.75) is 13.2 Å². The highest BCUT2D eigenvalue weighted by molar-refractivity contribution is 5.74. The molecule has 1 aromatic carbocycles. The number of nitro benzene ring substituents is 1. The molecule has 2 heterocycles. The maximum atomic E-state index is 12.1. The van der Waals surface area contributed by atoms with Crippen LogP contribution < -0.4 is 9.64 Å². The number of aromatic nitrogens is 2. The monoisotopic (exact) mass is 360 g/mol. The lowest BCUT2D eigenvalue weighted by Crippen LogP contribution is -2.28. The van der Waals surface area contributed by atoms with E-state index in [1.54, 1.807) is 25.5 Å². The first-order valence-corrected chi connectivity index (χ1v) is 7.69. The van der Waals surface area contributed by atoms with Crippen LogP contribution >= 0.6 is 0 Å². The number of nitrogens with zero attached hydrogens (tertiary/aromatic N) is 4. The van der Waals surface area contributed by atoms with Gasteiger partial charge in [-0.15, -0.1) is 0 Å². The van der Waals surface area contributed by atoms with Gasteiger partial charge in [-0.05, 0) is 6.07 Å². The standard InChI is InChI=1S/C16H16N4O6/c1-19(16-17-3-2-4-18-16)7-14(21)25-9-12-6-13(20(22)23)5-11-8-24-10-26-15(11)12/h2-6H,7-10H2,1H3. The van der Waals surface area contributed by atoms with E-state index in [4.69, 9.17) is 14.2 Å². The van der Waals surface area contributed by atoms with Crippen LogP contribution in [0, 0.1) is 10.1 Å². The summed E-state index contributed by atoms with van der Waals surface area (Å²) in [7, 11) is 1.66. The van der Waals surface area contributed by atoms with Gasteiger partial charge in [0.15, 0.2) is 6.79 Å². The first-order valence-electron chi connectivity index (χ1n) is 7.69. The fourth-order valence-electron chi connectivity index (χ4n) is 2.45. The van der Waals surface area contributed by atoms with Gasteiger partial charge in [-0.25, -0.2) is 9.97 Å². The van der Waals surface area contributed by atoms with E-state index in [0.29, 0.717) is 22.8 Å². The number of anilines is 1. The van der Waals surface area contributed by atoms with Gasteiger partial charge in [0.1, 0.15) is 18.9 Å². The van der Waals surface area contributed by atoms with E-state index in [2.05, 4.69) is 9.97 Å². The normalized spacial score (nSPS) is 12.7. The van der Waals surface area contributed by atoms with Crippen LogP contribution in [0.25, 0.3) is 0 Å². The molecule has 136 valence electrons. The van der Waals surface area contributed by atoms with Crippen molar-refractivity contribution in [1.29, 1.82) is 0 Å². The summed E-state index contributed by atoms with van der Waals surface area (Å²) in [5.74, 6) is 0.319. The van der Waals surface area contributed by atoms with Crippen LogP contribution in [0.4, 0.5) is 11.6 Å². The minimum absolute atomic E-state index is 0.0415. The topological polar surface area (TPSA) is 117 Å². The van der Waals surface area contributed by atoms with Gasteiger partial charge in [-0.1, -0.05) is 0 Å². The second kappa shape index (κ2) is 7.74. The highest BCUT2D eigenvalue weighted by atomic mass is 16.7. The predicted octanol–water partition coefficient (Wildman–Crippen LogP) is 1.43. The van der Waals surface area contributed by atoms with Crippen molar-refractivity contribution < 1.29 is 23.9 Å². The number of esters is 1. The summed E-state index contributed by atoms with van der Waals surface area (Å²) in [5, 5.41) is 11.1. The van der Waals surface area contributed by atoms with Crippen molar-refractivity contribution in [3.63, 3.8) is 0 Å². The van der Waals surface area contributed by atoms with Gasteiger partial charge in [0.05, 0.1) is 11.5 Å². The Morgan fingerprint density at radius 2 is 2.15 bits per heavy atom. The minimum Gasteiger partial charge on any atom is -0.467 e. The van der Waals surface area contributed by atoms with Crippen LogP contribution in [0.15, 0.2) is 30.6 Å². The Kier molecular flexibility index (Phi) is 5.23. The minimum atomic E-state index is -0.521. The Morgan fingerprint density at radius 3 is 2.88 bits per heavy atom. The van der Waals surface area contributed by atoms with E-state index in [1.165, 1.54) is 17.0 Å². The molecule has 0 atom stereocenters. The Morgan fingerprint density at radius 1 is 1.38 bits per heavy atom. The third-order valence-corrected chi connectivity index (χ3v) is 3.63. The van der Waals surface area contributed by atoms with E-state index in [1.807, 2.05) is 0 Å². The van der Waals surface area contributed by atoms with Crippen LogP contribution in [0.5, 0.6) is 5.75 Å². The number of benzene rings is 1. The maximum absolute atomic E-state index is 12.1. The quantitative estimate of drug-likeness (QED) is 0.428. The number of hydrogen-bond donors (Lipinski definition) is 0. The molecule has 1 aliphatic heterocycles. The molecular formula is C16H16N4O6. The summed E-state index contributed by atoms with van der Waals surface area (Å²) in [5.41, 5.74) is 0.856. The Hall–Kier alpha value is -3.27. The lowest BCUT2D eigenvalue weighted by molar-refractivity contribution is -0.385. The van der Waals surface area contributed by atoms with Gasteiger partial charge in [0.2, 0.25) is 5.95 Å². The van der Waals surface area contributed by atoms with Crippen molar-refractivity contribution in [3.8, 4) is 5.75 Å². The van der Waals surface area contributed by atoms with Gasteiger partial charge in [-0.3, -0.25) is 14.9 Å². The lowest BCUT2D eigenvalue weighted by atomic mass is 10.1. The fraction of sp³-hybridized carbons (Fsp3) is 0.312. The van der Waals surface area contributed by atoms with E-state index in [-0.39, 0.29) is 32.2 Å². The SMILES string of the molecule is CN(CC(=O)OCc1cc([N+](=O)[O-])cc2c1OCOC2)c1ncccn1. The average molecular weight is 360 g/mol. The van der Waals surface area contributed by atoms with Crippen LogP contribution in [-0.2, 0) is 27.5 Å². The molecule has 0 spiro atoms. The van der Waals surface area contributed by atoms with Gasteiger partial charge in [0, 0.05) is 42.7 Å². The molecule has 0 fully saturated rings. The number of fused-ring (bicyclic) bond motifs is 1. The number of carbonyl (C=O) groups is 1. The molecular weight excluding hydrogens is 344 g/mol. The summed E-state index contributed by atoms with van der Waals surface area (Å²) in [6.45, 7) is 0.0311. The molecule has 10 nitrogen and oxygen atoms in total. The molecule has 1 aliphatic rings. The van der Waals surface area contributed by atoms with Crippen molar-refractivity contribution in [2.24, 2.45) is 0 Å². The summed E-state index contributed by atoms with van der Waals surface area (Å²) < 4.78 is 15.8. The molecule has 1 aromatic heterocycles. The van der Waals surface area contributed by atoms with E-state index >= 15 is 0 Å². The van der Waals surface area contributed by atoms with Gasteiger partial charge >= 0.3 is 5.97 Å². The van der Waals surface area contributed by atoms with Crippen LogP contribution in [0.2, 0.25) is 0 Å². The molecule has 0 saturated heterocycles. The molecule has 0 N–H and O–H groups in total. The molecule has 0 bridgehead atoms. The number of hydrogen-bond acceptors (Lipinski definition) is 9. The van der Waals surface area contributed by atoms with Crippen molar-refractivity contribution in [1.82, 2.24) is 9.97 Å². The van der Waals surface area contributed by atoms with Crippen molar-refractivity contribution in [2.75, 3.05) is 25.3 Å². The average Bonchev–Trinajstić information content (AvgIpc) is 2.66. The second-order valence-corrected chi connectivity index (χ2v) is 5.53. The zero-order valence-corrected chi connectivity index (χ0v) is 14.0. The molecule has 0 unspecified atom stereocenters. The zero-order chi connectivity index (χ0) is 18.5. The summed E-state index contributed by atoms with van der Waals surface area (Å²) >= 11 is 0. The third-order valence-electron chi connectivity index (χ3n) is 3.63.